The van der Waals surface area contributed by atoms with Crippen molar-refractivity contribution >= 4 is 27.6 Å². The number of nitrogens with two attached hydrogens (primary N) is 2. The van der Waals surface area contributed by atoms with Crippen molar-refractivity contribution in [2.24, 2.45) is 22.4 Å². The Morgan fingerprint density at radius 3 is 2.76 bits per heavy atom. The molecule has 1 fully saturated rings. The second-order valence-corrected chi connectivity index (χ2v) is 12.9. The minimum absolute atomic E-state index is 0.0323. The number of ether oxygens (including phenoxy) is 1. The number of rotatable bonds is 10. The molecule has 208 valence electrons. The van der Waals surface area contributed by atoms with E-state index in [1.54, 1.807) is 17.0 Å². The Bertz CT molecular complexity index is 1070. The van der Waals surface area contributed by atoms with Gasteiger partial charge in [-0.1, -0.05) is 19.1 Å². The Kier molecular flexibility index (Phi) is 9.82. The Hall–Kier alpha value is -2.37. The van der Waals surface area contributed by atoms with Crippen LogP contribution in [0.25, 0.3) is 0 Å². The molecule has 1 amide bonds. The van der Waals surface area contributed by atoms with Gasteiger partial charge in [0, 0.05) is 19.6 Å². The lowest BCUT2D eigenvalue weighted by atomic mass is 9.96. The number of carbonyl (C=O) groups is 1. The predicted molar refractivity (Wildman–Crippen MR) is 147 cm³/mol. The van der Waals surface area contributed by atoms with Crippen molar-refractivity contribution in [3.05, 3.63) is 23.8 Å². The molecule has 1 saturated heterocycles. The van der Waals surface area contributed by atoms with Gasteiger partial charge in [-0.2, -0.15) is 4.72 Å². The fraction of sp³-hybridized carbons (Fsp3) is 0.692. The van der Waals surface area contributed by atoms with E-state index in [1.165, 1.54) is 0 Å². The molecule has 0 spiro atoms. The van der Waals surface area contributed by atoms with Gasteiger partial charge in [-0.15, -0.1) is 0 Å². The van der Waals surface area contributed by atoms with E-state index in [-0.39, 0.29) is 34.8 Å². The van der Waals surface area contributed by atoms with E-state index in [0.29, 0.717) is 44.3 Å². The summed E-state index contributed by atoms with van der Waals surface area (Å²) in [7, 11) is -3.99. The lowest BCUT2D eigenvalue weighted by molar-refractivity contribution is -0.140. The third-order valence-electron chi connectivity index (χ3n) is 6.76. The maximum absolute atomic E-state index is 13.8. The first-order valence-corrected chi connectivity index (χ1v) is 14.7. The number of fused-ring (bicyclic) bond motifs is 1. The third kappa shape index (κ3) is 8.31. The SMILES string of the molecule is CC1CNc2c(cccc2S(=O)(=O)N[C@@H](CCCN=C(N)N)C(=O)N2CCCC[C@@H]2COC(C)(C)C)C1. The molecule has 0 bridgehead atoms. The molecule has 3 rings (SSSR count). The van der Waals surface area contributed by atoms with Gasteiger partial charge >= 0.3 is 0 Å². The summed E-state index contributed by atoms with van der Waals surface area (Å²) in [5.41, 5.74) is 12.1. The minimum Gasteiger partial charge on any atom is -0.383 e. The van der Waals surface area contributed by atoms with Crippen LogP contribution in [0.15, 0.2) is 28.1 Å². The third-order valence-corrected chi connectivity index (χ3v) is 8.27. The number of para-hydroxylation sites is 1. The van der Waals surface area contributed by atoms with Crippen LogP contribution in [0.1, 0.15) is 65.4 Å². The zero-order valence-electron chi connectivity index (χ0n) is 22.6. The molecule has 1 aromatic carbocycles. The second-order valence-electron chi connectivity index (χ2n) is 11.2. The van der Waals surface area contributed by atoms with Crippen molar-refractivity contribution in [3.8, 4) is 0 Å². The molecule has 6 N–H and O–H groups in total. The molecular weight excluding hydrogens is 492 g/mol. The van der Waals surface area contributed by atoms with Crippen LogP contribution in [-0.4, -0.2) is 69.1 Å². The number of hydrogen-bond acceptors (Lipinski definition) is 6. The summed E-state index contributed by atoms with van der Waals surface area (Å²) in [6.45, 7) is 10.1. The number of amides is 1. The number of aliphatic imine (C=N–C) groups is 1. The Morgan fingerprint density at radius 1 is 1.30 bits per heavy atom. The van der Waals surface area contributed by atoms with Gasteiger partial charge in [-0.05, 0) is 76.8 Å². The van der Waals surface area contributed by atoms with Crippen molar-refractivity contribution in [1.82, 2.24) is 9.62 Å². The largest absolute Gasteiger partial charge is 0.383 e. The number of piperidine rings is 1. The zero-order valence-corrected chi connectivity index (χ0v) is 23.4. The maximum atomic E-state index is 13.8. The number of nitrogens with one attached hydrogen (secondary N) is 2. The fourth-order valence-corrected chi connectivity index (χ4v) is 6.34. The smallest absolute Gasteiger partial charge is 0.243 e. The summed E-state index contributed by atoms with van der Waals surface area (Å²) < 4.78 is 36.0. The summed E-state index contributed by atoms with van der Waals surface area (Å²) in [5.74, 6) is 0.145. The fourth-order valence-electron chi connectivity index (χ4n) is 4.89. The monoisotopic (exact) mass is 536 g/mol. The number of hydrogen-bond donors (Lipinski definition) is 4. The van der Waals surface area contributed by atoms with Crippen LogP contribution in [0.4, 0.5) is 5.69 Å². The van der Waals surface area contributed by atoms with Crippen LogP contribution < -0.4 is 21.5 Å². The number of anilines is 1. The van der Waals surface area contributed by atoms with Crippen LogP contribution in [0.5, 0.6) is 0 Å². The first kappa shape index (κ1) is 29.2. The average molecular weight is 537 g/mol. The van der Waals surface area contributed by atoms with E-state index < -0.39 is 16.1 Å². The van der Waals surface area contributed by atoms with E-state index in [4.69, 9.17) is 16.2 Å². The zero-order chi connectivity index (χ0) is 27.2. The number of carbonyl (C=O) groups excluding carboxylic acids is 1. The second kappa shape index (κ2) is 12.4. The highest BCUT2D eigenvalue weighted by Gasteiger charge is 2.35. The molecule has 0 radical (unpaired) electrons. The topological polar surface area (TPSA) is 152 Å². The Morgan fingerprint density at radius 2 is 2.05 bits per heavy atom. The van der Waals surface area contributed by atoms with Gasteiger partial charge in [0.15, 0.2) is 5.96 Å². The molecule has 2 aliphatic rings. The molecule has 10 nitrogen and oxygen atoms in total. The van der Waals surface area contributed by atoms with Gasteiger partial charge in [-0.3, -0.25) is 9.79 Å². The van der Waals surface area contributed by atoms with Gasteiger partial charge in [0.1, 0.15) is 10.9 Å². The molecule has 37 heavy (non-hydrogen) atoms. The highest BCUT2D eigenvalue weighted by molar-refractivity contribution is 7.89. The van der Waals surface area contributed by atoms with Crippen LogP contribution in [0, 0.1) is 5.92 Å². The maximum Gasteiger partial charge on any atom is 0.243 e. The number of likely N-dealkylation sites (tertiary alicyclic amines) is 1. The molecule has 3 atom stereocenters. The van der Waals surface area contributed by atoms with Crippen molar-refractivity contribution in [2.75, 3.05) is 31.6 Å². The quantitative estimate of drug-likeness (QED) is 0.203. The molecule has 11 heteroatoms. The van der Waals surface area contributed by atoms with E-state index in [0.717, 1.165) is 31.2 Å². The van der Waals surface area contributed by atoms with Crippen molar-refractivity contribution in [2.45, 2.75) is 88.8 Å². The van der Waals surface area contributed by atoms with Crippen LogP contribution in [-0.2, 0) is 26.0 Å². The van der Waals surface area contributed by atoms with E-state index in [2.05, 4.69) is 22.0 Å². The molecule has 2 heterocycles. The molecular formula is C26H44N6O4S. The number of benzene rings is 1. The lowest BCUT2D eigenvalue weighted by Crippen LogP contribution is -2.55. The Balaban J connectivity index is 1.84. The molecule has 1 unspecified atom stereocenters. The summed E-state index contributed by atoms with van der Waals surface area (Å²) in [6, 6.07) is 4.26. The van der Waals surface area contributed by atoms with Gasteiger partial charge < -0.3 is 26.4 Å². The molecule has 0 aliphatic carbocycles. The highest BCUT2D eigenvalue weighted by atomic mass is 32.2. The molecule has 0 aromatic heterocycles. The van der Waals surface area contributed by atoms with Crippen molar-refractivity contribution in [1.29, 1.82) is 0 Å². The van der Waals surface area contributed by atoms with Crippen LogP contribution >= 0.6 is 0 Å². The summed E-state index contributed by atoms with van der Waals surface area (Å²) >= 11 is 0. The minimum atomic E-state index is -3.99. The average Bonchev–Trinajstić information content (AvgIpc) is 2.83. The van der Waals surface area contributed by atoms with Gasteiger partial charge in [0.25, 0.3) is 0 Å². The van der Waals surface area contributed by atoms with Gasteiger partial charge in [0.2, 0.25) is 15.9 Å². The predicted octanol–water partition coefficient (Wildman–Crippen LogP) is 2.19. The van der Waals surface area contributed by atoms with E-state index >= 15 is 0 Å². The Labute approximate surface area is 221 Å². The highest BCUT2D eigenvalue weighted by Crippen LogP contribution is 2.31. The van der Waals surface area contributed by atoms with Crippen molar-refractivity contribution < 1.29 is 17.9 Å². The van der Waals surface area contributed by atoms with E-state index in [9.17, 15) is 13.2 Å². The molecule has 0 saturated carbocycles. The summed E-state index contributed by atoms with van der Waals surface area (Å²) in [4.78, 5) is 19.8. The van der Waals surface area contributed by atoms with Gasteiger partial charge in [-0.25, -0.2) is 8.42 Å². The number of sulfonamides is 1. The van der Waals surface area contributed by atoms with E-state index in [1.807, 2.05) is 26.8 Å². The summed E-state index contributed by atoms with van der Waals surface area (Å²) in [5, 5.41) is 3.28. The molecule has 2 aliphatic heterocycles. The standard InChI is InChI=1S/C26H44N6O4S/c1-18-15-19-9-7-12-22(23(19)30-16-18)37(34,35)31-21(11-8-13-29-25(27)28)24(33)32-14-6-5-10-20(32)17-36-26(2,3)4/h7,9,12,18,20-21,30-31H,5-6,8,10-11,13-17H2,1-4H3,(H4,27,28,29)/t18?,20-,21+/m1/s1. The van der Waals surface area contributed by atoms with Crippen LogP contribution in [0.2, 0.25) is 0 Å². The first-order valence-electron chi connectivity index (χ1n) is 13.3. The lowest BCUT2D eigenvalue weighted by Gasteiger charge is -2.39. The van der Waals surface area contributed by atoms with Crippen molar-refractivity contribution in [3.63, 3.8) is 0 Å². The number of guanidine groups is 1. The summed E-state index contributed by atoms with van der Waals surface area (Å²) in [6.07, 6.45) is 4.23. The first-order chi connectivity index (χ1) is 17.4. The normalized spacial score (nSPS) is 21.0. The van der Waals surface area contributed by atoms with Gasteiger partial charge in [0.05, 0.1) is 23.9 Å². The molecule has 1 aromatic rings. The number of nitrogens with zero attached hydrogens (tertiary/aromatic N) is 2. The van der Waals surface area contributed by atoms with Crippen LogP contribution in [0.3, 0.4) is 0 Å².